The van der Waals surface area contributed by atoms with E-state index in [1.807, 2.05) is 24.2 Å². The van der Waals surface area contributed by atoms with E-state index in [9.17, 15) is 13.2 Å². The van der Waals surface area contributed by atoms with Crippen LogP contribution < -0.4 is 5.32 Å². The van der Waals surface area contributed by atoms with Crippen LogP contribution in [0.1, 0.15) is 50.5 Å². The Morgan fingerprint density at radius 3 is 2.33 bits per heavy atom. The van der Waals surface area contributed by atoms with Gasteiger partial charge in [-0.2, -0.15) is 0 Å². The zero-order valence-corrected chi connectivity index (χ0v) is 16.8. The lowest BCUT2D eigenvalue weighted by Crippen LogP contribution is -2.51. The third kappa shape index (κ3) is 5.19. The highest BCUT2D eigenvalue weighted by atomic mass is 32.2. The summed E-state index contributed by atoms with van der Waals surface area (Å²) in [6, 6.07) is 4.16. The van der Waals surface area contributed by atoms with Crippen molar-refractivity contribution in [2.24, 2.45) is 0 Å². The fourth-order valence-electron chi connectivity index (χ4n) is 3.98. The average molecular weight is 395 g/mol. The lowest BCUT2D eigenvalue weighted by atomic mass is 9.90. The Morgan fingerprint density at radius 2 is 1.74 bits per heavy atom. The molecule has 1 N–H and O–H groups in total. The molecule has 0 aromatic carbocycles. The maximum atomic E-state index is 12.6. The highest BCUT2D eigenvalue weighted by molar-refractivity contribution is 7.89. The highest BCUT2D eigenvalue weighted by Crippen LogP contribution is 2.27. The van der Waals surface area contributed by atoms with Gasteiger partial charge in [0.15, 0.2) is 0 Å². The number of aromatic nitrogens is 1. The summed E-state index contributed by atoms with van der Waals surface area (Å²) in [6.45, 7) is 4.38. The Bertz CT molecular complexity index is 710. The van der Waals surface area contributed by atoms with Crippen LogP contribution in [0.4, 0.5) is 4.79 Å². The van der Waals surface area contributed by atoms with Crippen molar-refractivity contribution in [2.75, 3.05) is 31.9 Å². The molecular weight excluding hydrogens is 364 g/mol. The van der Waals surface area contributed by atoms with E-state index in [1.165, 1.54) is 5.56 Å². The summed E-state index contributed by atoms with van der Waals surface area (Å²) in [7, 11) is -3.13. The van der Waals surface area contributed by atoms with E-state index < -0.39 is 10.0 Å². The molecule has 2 aliphatic heterocycles. The third-order valence-electron chi connectivity index (χ3n) is 5.60. The largest absolute Gasteiger partial charge is 0.335 e. The van der Waals surface area contributed by atoms with Crippen molar-refractivity contribution >= 4 is 16.1 Å². The standard InChI is InChI=1S/C19H30N4O3S/c1-2-15-27(25,26)23-13-7-18(8-14-23)21-19(24)22-11-5-17(6-12-22)16-3-9-20-10-4-16/h3-4,9-10,17-18H,2,5-8,11-15H2,1H3,(H,21,24). The van der Waals surface area contributed by atoms with Crippen molar-refractivity contribution in [3.8, 4) is 0 Å². The van der Waals surface area contributed by atoms with Gasteiger partial charge in [-0.3, -0.25) is 4.98 Å². The number of carbonyl (C=O) groups excluding carboxylic acids is 1. The maximum Gasteiger partial charge on any atom is 0.317 e. The number of rotatable bonds is 5. The minimum Gasteiger partial charge on any atom is -0.335 e. The van der Waals surface area contributed by atoms with Gasteiger partial charge in [0.2, 0.25) is 10.0 Å². The fourth-order valence-corrected chi connectivity index (χ4v) is 5.52. The first-order valence-electron chi connectivity index (χ1n) is 9.93. The molecule has 27 heavy (non-hydrogen) atoms. The molecular formula is C19H30N4O3S. The lowest BCUT2D eigenvalue weighted by molar-refractivity contribution is 0.172. The zero-order chi connectivity index (χ0) is 19.3. The van der Waals surface area contributed by atoms with Gasteiger partial charge in [0.25, 0.3) is 0 Å². The summed E-state index contributed by atoms with van der Waals surface area (Å²) in [5.41, 5.74) is 1.30. The third-order valence-corrected chi connectivity index (χ3v) is 7.67. The Morgan fingerprint density at radius 1 is 1.11 bits per heavy atom. The van der Waals surface area contributed by atoms with Crippen molar-refractivity contribution in [2.45, 2.75) is 51.0 Å². The number of pyridine rings is 1. The number of amides is 2. The van der Waals surface area contributed by atoms with Crippen LogP contribution in [-0.2, 0) is 10.0 Å². The molecule has 0 atom stereocenters. The summed E-state index contributed by atoms with van der Waals surface area (Å²) >= 11 is 0. The van der Waals surface area contributed by atoms with Crippen LogP contribution in [0.3, 0.4) is 0 Å². The lowest BCUT2D eigenvalue weighted by Gasteiger charge is -2.35. The number of urea groups is 1. The quantitative estimate of drug-likeness (QED) is 0.830. The van der Waals surface area contributed by atoms with Crippen molar-refractivity contribution in [3.05, 3.63) is 30.1 Å². The first kappa shape index (κ1) is 20.1. The number of hydrogen-bond donors (Lipinski definition) is 1. The molecule has 7 nitrogen and oxygen atoms in total. The molecule has 0 aliphatic carbocycles. The molecule has 3 heterocycles. The minimum atomic E-state index is -3.13. The van der Waals surface area contributed by atoms with Crippen molar-refractivity contribution in [1.82, 2.24) is 19.5 Å². The maximum absolute atomic E-state index is 12.6. The highest BCUT2D eigenvalue weighted by Gasteiger charge is 2.30. The zero-order valence-electron chi connectivity index (χ0n) is 16.0. The van der Waals surface area contributed by atoms with Gasteiger partial charge in [-0.15, -0.1) is 0 Å². The van der Waals surface area contributed by atoms with Gasteiger partial charge in [0.1, 0.15) is 0 Å². The number of carbonyl (C=O) groups is 1. The van der Waals surface area contributed by atoms with Crippen LogP contribution in [0.2, 0.25) is 0 Å². The van der Waals surface area contributed by atoms with Crippen LogP contribution in [0, 0.1) is 0 Å². The molecule has 0 saturated carbocycles. The van der Waals surface area contributed by atoms with E-state index >= 15 is 0 Å². The molecule has 0 spiro atoms. The van der Waals surface area contributed by atoms with Gasteiger partial charge in [-0.25, -0.2) is 17.5 Å². The van der Waals surface area contributed by atoms with Crippen molar-refractivity contribution in [1.29, 1.82) is 0 Å². The molecule has 0 radical (unpaired) electrons. The van der Waals surface area contributed by atoms with Gasteiger partial charge >= 0.3 is 6.03 Å². The molecule has 3 rings (SSSR count). The Kier molecular flexibility index (Phi) is 6.70. The molecule has 8 heteroatoms. The van der Waals surface area contributed by atoms with E-state index in [0.29, 0.717) is 38.3 Å². The van der Waals surface area contributed by atoms with Gasteiger partial charge < -0.3 is 10.2 Å². The normalized spacial score (nSPS) is 20.6. The predicted octanol–water partition coefficient (Wildman–Crippen LogP) is 2.17. The monoisotopic (exact) mass is 394 g/mol. The Hall–Kier alpha value is -1.67. The molecule has 1 aromatic rings. The smallest absolute Gasteiger partial charge is 0.317 e. The average Bonchev–Trinajstić information content (AvgIpc) is 2.69. The first-order chi connectivity index (χ1) is 13.0. The second-order valence-corrected chi connectivity index (χ2v) is 9.57. The number of likely N-dealkylation sites (tertiary alicyclic amines) is 1. The van der Waals surface area contributed by atoms with Crippen molar-refractivity contribution in [3.63, 3.8) is 0 Å². The predicted molar refractivity (Wildman–Crippen MR) is 105 cm³/mol. The Balaban J connectivity index is 1.43. The van der Waals surface area contributed by atoms with E-state index in [1.54, 1.807) is 4.31 Å². The topological polar surface area (TPSA) is 82.6 Å². The molecule has 0 bridgehead atoms. The van der Waals surface area contributed by atoms with Crippen LogP contribution in [0.15, 0.2) is 24.5 Å². The number of nitrogens with one attached hydrogen (secondary N) is 1. The number of sulfonamides is 1. The fraction of sp³-hybridized carbons (Fsp3) is 0.684. The molecule has 2 fully saturated rings. The van der Waals surface area contributed by atoms with E-state index in [-0.39, 0.29) is 17.8 Å². The van der Waals surface area contributed by atoms with Gasteiger partial charge in [-0.05, 0) is 55.7 Å². The molecule has 0 unspecified atom stereocenters. The minimum absolute atomic E-state index is 0.0157. The van der Waals surface area contributed by atoms with E-state index in [2.05, 4.69) is 22.4 Å². The molecule has 2 saturated heterocycles. The van der Waals surface area contributed by atoms with Gasteiger partial charge in [0.05, 0.1) is 5.75 Å². The van der Waals surface area contributed by atoms with Crippen LogP contribution in [0.25, 0.3) is 0 Å². The van der Waals surface area contributed by atoms with E-state index in [0.717, 1.165) is 25.9 Å². The first-order valence-corrected chi connectivity index (χ1v) is 11.5. The Labute approximate surface area is 162 Å². The van der Waals surface area contributed by atoms with E-state index in [4.69, 9.17) is 0 Å². The molecule has 2 amide bonds. The molecule has 2 aliphatic rings. The van der Waals surface area contributed by atoms with Crippen LogP contribution in [-0.4, -0.2) is 66.6 Å². The summed E-state index contributed by atoms with van der Waals surface area (Å²) in [6.07, 6.45) is 7.57. The second-order valence-electron chi connectivity index (χ2n) is 7.48. The number of hydrogen-bond acceptors (Lipinski definition) is 4. The number of nitrogens with zero attached hydrogens (tertiary/aromatic N) is 3. The summed E-state index contributed by atoms with van der Waals surface area (Å²) in [5, 5.41) is 3.10. The summed E-state index contributed by atoms with van der Waals surface area (Å²) in [5.74, 6) is 0.695. The molecule has 1 aromatic heterocycles. The van der Waals surface area contributed by atoms with Gasteiger partial charge in [-0.1, -0.05) is 6.92 Å². The second kappa shape index (κ2) is 9.01. The summed E-state index contributed by atoms with van der Waals surface area (Å²) < 4.78 is 25.8. The SMILES string of the molecule is CCCS(=O)(=O)N1CCC(NC(=O)N2CCC(c3ccncc3)CC2)CC1. The van der Waals surface area contributed by atoms with Gasteiger partial charge in [0, 0.05) is 44.6 Å². The molecule has 150 valence electrons. The van der Waals surface area contributed by atoms with Crippen LogP contribution in [0.5, 0.6) is 0 Å². The van der Waals surface area contributed by atoms with Crippen LogP contribution >= 0.6 is 0 Å². The summed E-state index contributed by atoms with van der Waals surface area (Å²) in [4.78, 5) is 18.5. The van der Waals surface area contributed by atoms with Crippen molar-refractivity contribution < 1.29 is 13.2 Å². The number of piperidine rings is 2.